The lowest BCUT2D eigenvalue weighted by atomic mass is 10.0. The number of halogens is 6. The van der Waals surface area contributed by atoms with Gasteiger partial charge < -0.3 is 4.90 Å². The van der Waals surface area contributed by atoms with Crippen LogP contribution in [-0.2, 0) is 12.4 Å². The van der Waals surface area contributed by atoms with Crippen LogP contribution in [-0.4, -0.2) is 19.1 Å². The molecule has 0 aliphatic rings. The Hall–Kier alpha value is -1.77. The number of hydrogen-bond donors (Lipinski definition) is 0. The minimum absolute atomic E-state index is 0.125. The first-order chi connectivity index (χ1) is 10.0. The molecule has 0 fully saturated rings. The van der Waals surface area contributed by atoms with Crippen molar-refractivity contribution in [2.24, 2.45) is 0 Å². The van der Waals surface area contributed by atoms with Crippen LogP contribution in [0.5, 0.6) is 0 Å². The summed E-state index contributed by atoms with van der Waals surface area (Å²) < 4.78 is 77.8. The summed E-state index contributed by atoms with van der Waals surface area (Å²) in [6, 6.07) is 3.03. The zero-order chi connectivity index (χ0) is 16.7. The quantitative estimate of drug-likeness (QED) is 0.722. The highest BCUT2D eigenvalue weighted by Gasteiger charge is 2.38. The molecule has 22 heavy (non-hydrogen) atoms. The lowest BCUT2D eigenvalue weighted by Gasteiger charge is -2.20. The van der Waals surface area contributed by atoms with E-state index in [1.165, 1.54) is 25.1 Å². The van der Waals surface area contributed by atoms with Gasteiger partial charge in [0.05, 0.1) is 16.8 Å². The van der Waals surface area contributed by atoms with E-state index in [9.17, 15) is 26.3 Å². The highest BCUT2D eigenvalue weighted by atomic mass is 32.1. The van der Waals surface area contributed by atoms with Crippen molar-refractivity contribution in [3.63, 3.8) is 0 Å². The summed E-state index contributed by atoms with van der Waals surface area (Å²) >= 11 is 0.347. The first-order valence-corrected chi connectivity index (χ1v) is 6.79. The lowest BCUT2D eigenvalue weighted by Crippen LogP contribution is -2.16. The van der Waals surface area contributed by atoms with Crippen molar-refractivity contribution >= 4 is 17.0 Å². The van der Waals surface area contributed by atoms with Gasteiger partial charge >= 0.3 is 12.4 Å². The second-order valence-electron chi connectivity index (χ2n) is 4.65. The smallest absolute Gasteiger partial charge is 0.377 e. The SMILES string of the molecule is CN(C)c1ccc(-c2ncsc2C(F)(F)F)cc1C(F)(F)F. The molecule has 2 rings (SSSR count). The summed E-state index contributed by atoms with van der Waals surface area (Å²) in [5.41, 5.74) is -0.873. The van der Waals surface area contributed by atoms with E-state index in [0.29, 0.717) is 17.4 Å². The number of hydrogen-bond acceptors (Lipinski definition) is 3. The third kappa shape index (κ3) is 3.18. The second kappa shape index (κ2) is 5.45. The molecule has 0 aliphatic heterocycles. The van der Waals surface area contributed by atoms with Gasteiger partial charge in [0, 0.05) is 25.3 Å². The Morgan fingerprint density at radius 2 is 1.64 bits per heavy atom. The molecule has 1 aromatic heterocycles. The van der Waals surface area contributed by atoms with Crippen LogP contribution >= 0.6 is 11.3 Å². The largest absolute Gasteiger partial charge is 0.427 e. The fourth-order valence-corrected chi connectivity index (χ4v) is 2.63. The number of thiazole rings is 1. The molecule has 2 aromatic rings. The zero-order valence-corrected chi connectivity index (χ0v) is 12.2. The molecule has 0 spiro atoms. The van der Waals surface area contributed by atoms with Crippen LogP contribution < -0.4 is 4.90 Å². The maximum atomic E-state index is 13.1. The summed E-state index contributed by atoms with van der Waals surface area (Å²) in [7, 11) is 2.85. The molecule has 2 nitrogen and oxygen atoms in total. The molecule has 0 bridgehead atoms. The van der Waals surface area contributed by atoms with Gasteiger partial charge in [-0.3, -0.25) is 0 Å². The van der Waals surface area contributed by atoms with Crippen LogP contribution in [0, 0.1) is 0 Å². The minimum atomic E-state index is -4.68. The topological polar surface area (TPSA) is 16.1 Å². The molecule has 0 atom stereocenters. The first kappa shape index (κ1) is 16.6. The summed E-state index contributed by atoms with van der Waals surface area (Å²) in [6.07, 6.45) is -9.33. The van der Waals surface area contributed by atoms with Crippen molar-refractivity contribution in [3.8, 4) is 11.3 Å². The van der Waals surface area contributed by atoms with E-state index in [-0.39, 0.29) is 11.3 Å². The lowest BCUT2D eigenvalue weighted by molar-refractivity contribution is -0.137. The number of aromatic nitrogens is 1. The highest BCUT2D eigenvalue weighted by Crippen LogP contribution is 2.42. The maximum absolute atomic E-state index is 13.1. The molecule has 0 aliphatic carbocycles. The number of rotatable bonds is 2. The monoisotopic (exact) mass is 340 g/mol. The fourth-order valence-electron chi connectivity index (χ4n) is 1.95. The van der Waals surface area contributed by atoms with E-state index < -0.39 is 28.5 Å². The average molecular weight is 340 g/mol. The van der Waals surface area contributed by atoms with Crippen LogP contribution in [0.15, 0.2) is 23.7 Å². The average Bonchev–Trinajstić information content (AvgIpc) is 2.85. The molecule has 0 unspecified atom stereocenters. The molecule has 0 radical (unpaired) electrons. The van der Waals surface area contributed by atoms with Crippen molar-refractivity contribution < 1.29 is 26.3 Å². The zero-order valence-electron chi connectivity index (χ0n) is 11.4. The van der Waals surface area contributed by atoms with Gasteiger partial charge in [-0.1, -0.05) is 6.07 Å². The predicted octanol–water partition coefficient (Wildman–Crippen LogP) is 4.91. The van der Waals surface area contributed by atoms with E-state index in [0.717, 1.165) is 11.6 Å². The number of benzene rings is 1. The first-order valence-electron chi connectivity index (χ1n) is 5.91. The summed E-state index contributed by atoms with van der Waals surface area (Å²) in [5.74, 6) is 0. The van der Waals surface area contributed by atoms with Gasteiger partial charge in [-0.15, -0.1) is 11.3 Å². The molecule has 0 saturated heterocycles. The Morgan fingerprint density at radius 1 is 1.00 bits per heavy atom. The second-order valence-corrected chi connectivity index (χ2v) is 5.51. The van der Waals surface area contributed by atoms with Crippen LogP contribution in [0.2, 0.25) is 0 Å². The van der Waals surface area contributed by atoms with Gasteiger partial charge in [0.15, 0.2) is 0 Å². The minimum Gasteiger partial charge on any atom is -0.377 e. The van der Waals surface area contributed by atoms with E-state index in [2.05, 4.69) is 4.98 Å². The van der Waals surface area contributed by atoms with E-state index in [1.807, 2.05) is 0 Å². The Kier molecular flexibility index (Phi) is 4.12. The van der Waals surface area contributed by atoms with Crippen molar-refractivity contribution in [1.82, 2.24) is 4.98 Å². The molecular weight excluding hydrogens is 330 g/mol. The fraction of sp³-hybridized carbons (Fsp3) is 0.308. The molecule has 0 saturated carbocycles. The molecule has 0 amide bonds. The Bertz CT molecular complexity index is 672. The van der Waals surface area contributed by atoms with Crippen LogP contribution in [0.3, 0.4) is 0 Å². The number of alkyl halides is 6. The normalized spacial score (nSPS) is 12.5. The molecule has 1 heterocycles. The van der Waals surface area contributed by atoms with Gasteiger partial charge in [0.25, 0.3) is 0 Å². The third-order valence-corrected chi connectivity index (χ3v) is 3.75. The van der Waals surface area contributed by atoms with Crippen molar-refractivity contribution in [2.45, 2.75) is 12.4 Å². The van der Waals surface area contributed by atoms with Gasteiger partial charge in [-0.25, -0.2) is 4.98 Å². The van der Waals surface area contributed by atoms with Gasteiger partial charge in [-0.05, 0) is 12.1 Å². The predicted molar refractivity (Wildman–Crippen MR) is 71.9 cm³/mol. The molecule has 9 heteroatoms. The van der Waals surface area contributed by atoms with Crippen molar-refractivity contribution in [2.75, 3.05) is 19.0 Å². The van der Waals surface area contributed by atoms with Crippen LogP contribution in [0.4, 0.5) is 32.0 Å². The summed E-state index contributed by atoms with van der Waals surface area (Å²) in [6.45, 7) is 0. The van der Waals surface area contributed by atoms with Gasteiger partial charge in [-0.2, -0.15) is 26.3 Å². The van der Waals surface area contributed by atoms with Crippen molar-refractivity contribution in [3.05, 3.63) is 34.2 Å². The summed E-state index contributed by atoms with van der Waals surface area (Å²) in [4.78, 5) is 3.80. The van der Waals surface area contributed by atoms with Crippen molar-refractivity contribution in [1.29, 1.82) is 0 Å². The van der Waals surface area contributed by atoms with Gasteiger partial charge in [0.1, 0.15) is 4.88 Å². The Labute approximate surface area is 126 Å². The summed E-state index contributed by atoms with van der Waals surface area (Å²) in [5, 5.41) is 0. The molecule has 0 N–H and O–H groups in total. The van der Waals surface area contributed by atoms with E-state index in [1.54, 1.807) is 0 Å². The maximum Gasteiger partial charge on any atom is 0.427 e. The van der Waals surface area contributed by atoms with E-state index in [4.69, 9.17) is 0 Å². The van der Waals surface area contributed by atoms with E-state index >= 15 is 0 Å². The molecule has 1 aromatic carbocycles. The third-order valence-electron chi connectivity index (χ3n) is 2.88. The number of nitrogens with zero attached hydrogens (tertiary/aromatic N) is 2. The molecular formula is C13H10F6N2S. The highest BCUT2D eigenvalue weighted by molar-refractivity contribution is 7.10. The van der Waals surface area contributed by atoms with Crippen LogP contribution in [0.1, 0.15) is 10.4 Å². The molecule has 120 valence electrons. The Balaban J connectivity index is 2.62. The number of anilines is 1. The Morgan fingerprint density at radius 3 is 2.14 bits per heavy atom. The standard InChI is InChI=1S/C13H10F6N2S/c1-21(2)9-4-3-7(5-8(9)12(14,15)16)10-11(13(17,18)19)22-6-20-10/h3-6H,1-2H3. The van der Waals surface area contributed by atoms with Crippen LogP contribution in [0.25, 0.3) is 11.3 Å². The van der Waals surface area contributed by atoms with Gasteiger partial charge in [0.2, 0.25) is 0 Å².